The Bertz CT molecular complexity index is 1330. The fraction of sp³-hybridized carbons (Fsp3) is 0.304. The van der Waals surface area contributed by atoms with Crippen molar-refractivity contribution in [2.75, 3.05) is 11.5 Å². The molecule has 1 aliphatic rings. The summed E-state index contributed by atoms with van der Waals surface area (Å²) in [5.41, 5.74) is 2.55. The van der Waals surface area contributed by atoms with E-state index in [2.05, 4.69) is 0 Å². The van der Waals surface area contributed by atoms with Gasteiger partial charge in [-0.25, -0.2) is 8.42 Å². The highest BCUT2D eigenvalue weighted by Gasteiger charge is 2.36. The second-order valence-corrected chi connectivity index (χ2v) is 10.7. The molecule has 1 atom stereocenters. The zero-order chi connectivity index (χ0) is 22.3. The molecule has 0 radical (unpaired) electrons. The van der Waals surface area contributed by atoms with Crippen molar-refractivity contribution in [1.29, 1.82) is 0 Å². The number of aryl methyl sites for hydroxylation is 2. The van der Waals surface area contributed by atoms with Gasteiger partial charge in [0.05, 0.1) is 16.9 Å². The third kappa shape index (κ3) is 4.52. The van der Waals surface area contributed by atoms with E-state index in [0.717, 1.165) is 16.7 Å². The molecule has 2 aromatic carbocycles. The molecule has 1 unspecified atom stereocenters. The molecule has 0 spiro atoms. The van der Waals surface area contributed by atoms with Gasteiger partial charge in [0.1, 0.15) is 5.58 Å². The molecule has 1 fully saturated rings. The Morgan fingerprint density at radius 2 is 1.87 bits per heavy atom. The quantitative estimate of drug-likeness (QED) is 0.590. The number of hydrogen-bond donors (Lipinski definition) is 0. The average molecular weight is 460 g/mol. The molecule has 3 aromatic rings. The molecule has 0 N–H and O–H groups in total. The Morgan fingerprint density at radius 1 is 1.16 bits per heavy atom. The van der Waals surface area contributed by atoms with Crippen LogP contribution >= 0.6 is 11.6 Å². The van der Waals surface area contributed by atoms with Crippen molar-refractivity contribution in [1.82, 2.24) is 4.90 Å². The lowest BCUT2D eigenvalue weighted by atomic mass is 10.1. The van der Waals surface area contributed by atoms with Gasteiger partial charge in [-0.15, -0.1) is 0 Å². The van der Waals surface area contributed by atoms with E-state index in [9.17, 15) is 18.0 Å². The minimum Gasteiger partial charge on any atom is -0.451 e. The van der Waals surface area contributed by atoms with Crippen LogP contribution in [0.15, 0.2) is 51.7 Å². The van der Waals surface area contributed by atoms with Crippen LogP contribution in [0.1, 0.15) is 33.7 Å². The van der Waals surface area contributed by atoms with Gasteiger partial charge in [-0.3, -0.25) is 9.59 Å². The van der Waals surface area contributed by atoms with Gasteiger partial charge in [-0.2, -0.15) is 0 Å². The van der Waals surface area contributed by atoms with Crippen LogP contribution in [0.4, 0.5) is 0 Å². The monoisotopic (exact) mass is 459 g/mol. The number of sulfone groups is 1. The number of benzene rings is 2. The van der Waals surface area contributed by atoms with E-state index >= 15 is 0 Å². The van der Waals surface area contributed by atoms with Crippen LogP contribution < -0.4 is 5.43 Å². The van der Waals surface area contributed by atoms with Gasteiger partial charge in [0.25, 0.3) is 5.91 Å². The standard InChI is InChI=1S/C23H22ClNO5S/c1-14-9-15(2)22-19(26)11-21(30-20(22)10-14)23(27)25(18-7-8-31(28,29)13-18)12-16-3-5-17(24)6-4-16/h3-6,9-11,18H,7-8,12-13H2,1-2H3. The molecule has 1 aromatic heterocycles. The Labute approximate surface area is 185 Å². The summed E-state index contributed by atoms with van der Waals surface area (Å²) in [5, 5.41) is 1.01. The Kier molecular flexibility index (Phi) is 5.66. The highest BCUT2D eigenvalue weighted by Crippen LogP contribution is 2.25. The first kappa shape index (κ1) is 21.6. The van der Waals surface area contributed by atoms with Crippen molar-refractivity contribution in [3.05, 3.63) is 80.2 Å². The van der Waals surface area contributed by atoms with Crippen molar-refractivity contribution in [3.63, 3.8) is 0 Å². The molecule has 4 rings (SSSR count). The number of carbonyl (C=O) groups excluding carboxylic acids is 1. The predicted molar refractivity (Wildman–Crippen MR) is 120 cm³/mol. The number of rotatable bonds is 4. The summed E-state index contributed by atoms with van der Waals surface area (Å²) in [5.74, 6) is -0.680. The zero-order valence-electron chi connectivity index (χ0n) is 17.2. The van der Waals surface area contributed by atoms with E-state index < -0.39 is 21.8 Å². The molecule has 8 heteroatoms. The van der Waals surface area contributed by atoms with Crippen molar-refractivity contribution in [3.8, 4) is 0 Å². The summed E-state index contributed by atoms with van der Waals surface area (Å²) in [4.78, 5) is 27.7. The van der Waals surface area contributed by atoms with E-state index in [-0.39, 0.29) is 29.2 Å². The molecule has 1 saturated heterocycles. The largest absolute Gasteiger partial charge is 0.451 e. The first-order valence-corrected chi connectivity index (χ1v) is 12.1. The van der Waals surface area contributed by atoms with Gasteiger partial charge >= 0.3 is 0 Å². The van der Waals surface area contributed by atoms with Gasteiger partial charge in [0, 0.05) is 23.7 Å². The number of halogens is 1. The van der Waals surface area contributed by atoms with E-state index in [1.807, 2.05) is 19.9 Å². The molecule has 1 amide bonds. The van der Waals surface area contributed by atoms with E-state index in [1.54, 1.807) is 30.3 Å². The van der Waals surface area contributed by atoms with Crippen LogP contribution in [0.5, 0.6) is 0 Å². The molecule has 0 saturated carbocycles. The molecule has 1 aliphatic heterocycles. The van der Waals surface area contributed by atoms with Crippen LogP contribution in [0.25, 0.3) is 11.0 Å². The summed E-state index contributed by atoms with van der Waals surface area (Å²) in [6.45, 7) is 3.89. The van der Waals surface area contributed by atoms with Gasteiger partial charge in [-0.05, 0) is 55.2 Å². The summed E-state index contributed by atoms with van der Waals surface area (Å²) < 4.78 is 30.0. The molecular formula is C23H22ClNO5S. The second-order valence-electron chi connectivity index (χ2n) is 8.05. The molecule has 2 heterocycles. The topological polar surface area (TPSA) is 84.7 Å². The fourth-order valence-electron chi connectivity index (χ4n) is 4.09. The summed E-state index contributed by atoms with van der Waals surface area (Å²) in [7, 11) is -3.22. The van der Waals surface area contributed by atoms with Gasteiger partial charge < -0.3 is 9.32 Å². The summed E-state index contributed by atoms with van der Waals surface area (Å²) in [6.07, 6.45) is 0.345. The van der Waals surface area contributed by atoms with Crippen molar-refractivity contribution in [2.45, 2.75) is 32.9 Å². The van der Waals surface area contributed by atoms with Crippen molar-refractivity contribution < 1.29 is 17.6 Å². The lowest BCUT2D eigenvalue weighted by molar-refractivity contribution is 0.0648. The van der Waals surface area contributed by atoms with Crippen LogP contribution in [-0.4, -0.2) is 36.8 Å². The zero-order valence-corrected chi connectivity index (χ0v) is 18.8. The van der Waals surface area contributed by atoms with Crippen LogP contribution in [0, 0.1) is 13.8 Å². The van der Waals surface area contributed by atoms with E-state index in [1.165, 1.54) is 11.0 Å². The third-order valence-electron chi connectivity index (χ3n) is 5.56. The summed E-state index contributed by atoms with van der Waals surface area (Å²) >= 11 is 5.96. The Morgan fingerprint density at radius 3 is 2.52 bits per heavy atom. The molecule has 162 valence electrons. The van der Waals surface area contributed by atoms with E-state index in [4.69, 9.17) is 16.0 Å². The second kappa shape index (κ2) is 8.13. The Hall–Kier alpha value is -2.64. The maximum atomic E-state index is 13.5. The molecule has 0 aliphatic carbocycles. The number of carbonyl (C=O) groups is 1. The highest BCUT2D eigenvalue weighted by molar-refractivity contribution is 7.91. The molecule has 31 heavy (non-hydrogen) atoms. The maximum Gasteiger partial charge on any atom is 0.290 e. The third-order valence-corrected chi connectivity index (χ3v) is 7.56. The SMILES string of the molecule is Cc1cc(C)c2c(=O)cc(C(=O)N(Cc3ccc(Cl)cc3)C3CCS(=O)(=O)C3)oc2c1. The molecule has 0 bridgehead atoms. The average Bonchev–Trinajstić information content (AvgIpc) is 3.05. The van der Waals surface area contributed by atoms with Gasteiger partial charge in [0.15, 0.2) is 21.0 Å². The highest BCUT2D eigenvalue weighted by atomic mass is 35.5. The number of amides is 1. The smallest absolute Gasteiger partial charge is 0.290 e. The number of nitrogens with zero attached hydrogens (tertiary/aromatic N) is 1. The first-order chi connectivity index (χ1) is 14.6. The first-order valence-electron chi connectivity index (χ1n) is 9.94. The van der Waals surface area contributed by atoms with Crippen molar-refractivity contribution in [2.24, 2.45) is 0 Å². The van der Waals surface area contributed by atoms with Gasteiger partial charge in [0.2, 0.25) is 0 Å². The van der Waals surface area contributed by atoms with Crippen LogP contribution in [0.2, 0.25) is 5.02 Å². The predicted octanol–water partition coefficient (Wildman–Crippen LogP) is 3.89. The minimum atomic E-state index is -3.22. The minimum absolute atomic E-state index is 0.0299. The van der Waals surface area contributed by atoms with Crippen molar-refractivity contribution >= 4 is 38.3 Å². The van der Waals surface area contributed by atoms with Crippen LogP contribution in [-0.2, 0) is 16.4 Å². The normalized spacial score (nSPS) is 17.7. The lowest BCUT2D eigenvalue weighted by Crippen LogP contribution is -2.40. The van der Waals surface area contributed by atoms with Gasteiger partial charge in [-0.1, -0.05) is 29.8 Å². The summed E-state index contributed by atoms with van der Waals surface area (Å²) in [6, 6.07) is 11.3. The van der Waals surface area contributed by atoms with Crippen LogP contribution in [0.3, 0.4) is 0 Å². The fourth-order valence-corrected chi connectivity index (χ4v) is 5.94. The Balaban J connectivity index is 1.76. The molecular weight excluding hydrogens is 438 g/mol. The lowest BCUT2D eigenvalue weighted by Gasteiger charge is -2.28. The molecule has 6 nitrogen and oxygen atoms in total. The number of hydrogen-bond acceptors (Lipinski definition) is 5. The van der Waals surface area contributed by atoms with E-state index in [0.29, 0.717) is 22.4 Å². The maximum absolute atomic E-state index is 13.5. The number of fused-ring (bicyclic) bond motifs is 1.